The number of hydrogen-bond donors (Lipinski definition) is 1. The zero-order valence-corrected chi connectivity index (χ0v) is 12.2. The van der Waals surface area contributed by atoms with Gasteiger partial charge in [0.05, 0.1) is 0 Å². The van der Waals surface area contributed by atoms with Gasteiger partial charge in [0, 0.05) is 24.7 Å². The molecule has 1 atom stereocenters. The van der Waals surface area contributed by atoms with Gasteiger partial charge in [-0.15, -0.1) is 0 Å². The minimum atomic E-state index is 0.619. The lowest BCUT2D eigenvalue weighted by Gasteiger charge is -2.27. The van der Waals surface area contributed by atoms with Crippen molar-refractivity contribution in [3.05, 3.63) is 29.8 Å². The molecule has 0 saturated heterocycles. The second kappa shape index (κ2) is 7.51. The Balaban J connectivity index is 1.87. The highest BCUT2D eigenvalue weighted by Crippen LogP contribution is 2.24. The van der Waals surface area contributed by atoms with Gasteiger partial charge in [-0.1, -0.05) is 25.1 Å². The monoisotopic (exact) mass is 262 g/mol. The SMILES string of the molecule is CCNCCCC(C)N1CCOc2ccccc2C1. The lowest BCUT2D eigenvalue weighted by Crippen LogP contribution is -2.34. The highest BCUT2D eigenvalue weighted by molar-refractivity contribution is 5.33. The molecule has 1 aliphatic rings. The first kappa shape index (κ1) is 14.4. The number of rotatable bonds is 6. The van der Waals surface area contributed by atoms with Crippen molar-refractivity contribution in [2.75, 3.05) is 26.2 Å². The van der Waals surface area contributed by atoms with Crippen LogP contribution >= 0.6 is 0 Å². The number of nitrogens with zero attached hydrogens (tertiary/aromatic N) is 1. The molecule has 1 heterocycles. The molecule has 0 amide bonds. The van der Waals surface area contributed by atoms with Gasteiger partial charge in [0.2, 0.25) is 0 Å². The molecule has 1 aromatic rings. The van der Waals surface area contributed by atoms with Gasteiger partial charge in [-0.3, -0.25) is 4.90 Å². The van der Waals surface area contributed by atoms with Crippen molar-refractivity contribution >= 4 is 0 Å². The third-order valence-electron chi connectivity index (χ3n) is 3.83. The quantitative estimate of drug-likeness (QED) is 0.798. The fourth-order valence-electron chi connectivity index (χ4n) is 2.60. The summed E-state index contributed by atoms with van der Waals surface area (Å²) < 4.78 is 5.82. The Labute approximate surface area is 116 Å². The molecule has 0 aromatic heterocycles. The van der Waals surface area contributed by atoms with Gasteiger partial charge in [-0.25, -0.2) is 0 Å². The van der Waals surface area contributed by atoms with Gasteiger partial charge in [-0.05, 0) is 38.9 Å². The molecule has 3 nitrogen and oxygen atoms in total. The fourth-order valence-corrected chi connectivity index (χ4v) is 2.60. The average molecular weight is 262 g/mol. The van der Waals surface area contributed by atoms with Gasteiger partial charge in [-0.2, -0.15) is 0 Å². The third kappa shape index (κ3) is 4.22. The first-order chi connectivity index (χ1) is 9.31. The summed E-state index contributed by atoms with van der Waals surface area (Å²) in [5, 5.41) is 3.39. The van der Waals surface area contributed by atoms with Crippen molar-refractivity contribution < 1.29 is 4.74 Å². The van der Waals surface area contributed by atoms with E-state index in [1.165, 1.54) is 18.4 Å². The molecular formula is C16H26N2O. The van der Waals surface area contributed by atoms with Crippen LogP contribution in [0.3, 0.4) is 0 Å². The van der Waals surface area contributed by atoms with Crippen LogP contribution < -0.4 is 10.1 Å². The molecule has 0 saturated carbocycles. The molecule has 0 radical (unpaired) electrons. The van der Waals surface area contributed by atoms with Crippen molar-refractivity contribution in [2.24, 2.45) is 0 Å². The molecule has 0 fully saturated rings. The molecule has 106 valence electrons. The van der Waals surface area contributed by atoms with Crippen LogP contribution in [0.5, 0.6) is 5.75 Å². The van der Waals surface area contributed by atoms with E-state index in [2.05, 4.69) is 42.3 Å². The van der Waals surface area contributed by atoms with E-state index in [0.717, 1.165) is 38.5 Å². The van der Waals surface area contributed by atoms with Gasteiger partial charge in [0.1, 0.15) is 12.4 Å². The van der Waals surface area contributed by atoms with Crippen LogP contribution in [0, 0.1) is 0 Å². The zero-order valence-electron chi connectivity index (χ0n) is 12.2. The number of ether oxygens (including phenoxy) is 1. The summed E-state index contributed by atoms with van der Waals surface area (Å²) >= 11 is 0. The minimum Gasteiger partial charge on any atom is -0.492 e. The van der Waals surface area contributed by atoms with Crippen LogP contribution in [0.15, 0.2) is 24.3 Å². The van der Waals surface area contributed by atoms with E-state index in [1.54, 1.807) is 0 Å². The van der Waals surface area contributed by atoms with Crippen molar-refractivity contribution in [2.45, 2.75) is 39.3 Å². The number of hydrogen-bond acceptors (Lipinski definition) is 3. The van der Waals surface area contributed by atoms with E-state index in [1.807, 2.05) is 6.07 Å². The normalized spacial score (nSPS) is 17.4. The van der Waals surface area contributed by atoms with E-state index in [0.29, 0.717) is 6.04 Å². The smallest absolute Gasteiger partial charge is 0.123 e. The summed E-state index contributed by atoms with van der Waals surface area (Å²) in [5.74, 6) is 1.06. The van der Waals surface area contributed by atoms with Crippen LogP contribution in [0.25, 0.3) is 0 Å². The zero-order chi connectivity index (χ0) is 13.5. The maximum Gasteiger partial charge on any atom is 0.123 e. The van der Waals surface area contributed by atoms with Crippen LogP contribution in [0.2, 0.25) is 0 Å². The summed E-state index contributed by atoms with van der Waals surface area (Å²) in [4.78, 5) is 2.54. The molecule has 1 aromatic carbocycles. The predicted molar refractivity (Wildman–Crippen MR) is 79.6 cm³/mol. The first-order valence-corrected chi connectivity index (χ1v) is 7.46. The van der Waals surface area contributed by atoms with E-state index < -0.39 is 0 Å². The minimum absolute atomic E-state index is 0.619. The largest absolute Gasteiger partial charge is 0.492 e. The Morgan fingerprint density at radius 3 is 3.05 bits per heavy atom. The Bertz CT molecular complexity index is 381. The van der Waals surface area contributed by atoms with Gasteiger partial charge < -0.3 is 10.1 Å². The Morgan fingerprint density at radius 1 is 1.37 bits per heavy atom. The summed E-state index contributed by atoms with van der Waals surface area (Å²) in [5.41, 5.74) is 1.32. The number of benzene rings is 1. The van der Waals surface area contributed by atoms with Crippen LogP contribution in [-0.4, -0.2) is 37.2 Å². The van der Waals surface area contributed by atoms with Crippen molar-refractivity contribution in [1.29, 1.82) is 0 Å². The third-order valence-corrected chi connectivity index (χ3v) is 3.83. The molecule has 0 bridgehead atoms. The maximum atomic E-state index is 5.82. The van der Waals surface area contributed by atoms with E-state index in [4.69, 9.17) is 4.74 Å². The van der Waals surface area contributed by atoms with Crippen molar-refractivity contribution in [3.63, 3.8) is 0 Å². The second-order valence-corrected chi connectivity index (χ2v) is 5.27. The van der Waals surface area contributed by atoms with Crippen LogP contribution in [0.4, 0.5) is 0 Å². The van der Waals surface area contributed by atoms with Crippen LogP contribution in [0.1, 0.15) is 32.3 Å². The molecule has 1 N–H and O–H groups in total. The molecule has 1 aliphatic heterocycles. The Hall–Kier alpha value is -1.06. The lowest BCUT2D eigenvalue weighted by molar-refractivity contribution is 0.170. The fraction of sp³-hybridized carbons (Fsp3) is 0.625. The molecule has 0 spiro atoms. The van der Waals surface area contributed by atoms with Crippen LogP contribution in [-0.2, 0) is 6.54 Å². The molecule has 2 rings (SSSR count). The van der Waals surface area contributed by atoms with E-state index in [9.17, 15) is 0 Å². The van der Waals surface area contributed by atoms with E-state index >= 15 is 0 Å². The predicted octanol–water partition coefficient (Wildman–Crippen LogP) is 2.66. The lowest BCUT2D eigenvalue weighted by atomic mass is 10.1. The Kier molecular flexibility index (Phi) is 5.67. The number of para-hydroxylation sites is 1. The summed E-state index contributed by atoms with van der Waals surface area (Å²) in [6.07, 6.45) is 2.49. The summed E-state index contributed by atoms with van der Waals surface area (Å²) in [6, 6.07) is 9.03. The van der Waals surface area contributed by atoms with Crippen molar-refractivity contribution in [3.8, 4) is 5.75 Å². The van der Waals surface area contributed by atoms with Crippen molar-refractivity contribution in [1.82, 2.24) is 10.2 Å². The van der Waals surface area contributed by atoms with Gasteiger partial charge in [0.25, 0.3) is 0 Å². The summed E-state index contributed by atoms with van der Waals surface area (Å²) in [6.45, 7) is 9.53. The molecule has 19 heavy (non-hydrogen) atoms. The molecular weight excluding hydrogens is 236 g/mol. The molecule has 0 aliphatic carbocycles. The highest BCUT2D eigenvalue weighted by Gasteiger charge is 2.19. The first-order valence-electron chi connectivity index (χ1n) is 7.46. The highest BCUT2D eigenvalue weighted by atomic mass is 16.5. The van der Waals surface area contributed by atoms with Gasteiger partial charge in [0.15, 0.2) is 0 Å². The maximum absolute atomic E-state index is 5.82. The van der Waals surface area contributed by atoms with E-state index in [-0.39, 0.29) is 0 Å². The van der Waals surface area contributed by atoms with Gasteiger partial charge >= 0.3 is 0 Å². The molecule has 1 unspecified atom stereocenters. The number of nitrogens with one attached hydrogen (secondary N) is 1. The second-order valence-electron chi connectivity index (χ2n) is 5.27. The topological polar surface area (TPSA) is 24.5 Å². The number of fused-ring (bicyclic) bond motifs is 1. The average Bonchev–Trinajstić information content (AvgIpc) is 2.65. The standard InChI is InChI=1S/C16H26N2O/c1-3-17-10-6-7-14(2)18-11-12-19-16-9-5-4-8-15(16)13-18/h4-5,8-9,14,17H,3,6-7,10-13H2,1-2H3. The summed E-state index contributed by atoms with van der Waals surface area (Å²) in [7, 11) is 0. The molecule has 3 heteroatoms. The Morgan fingerprint density at radius 2 is 2.21 bits per heavy atom.